The minimum Gasteiger partial charge on any atom is -0.468 e. The predicted octanol–water partition coefficient (Wildman–Crippen LogP) is 0.706. The van der Waals surface area contributed by atoms with E-state index in [4.69, 9.17) is 9.52 Å². The number of furan rings is 1. The molecule has 0 amide bonds. The minimum atomic E-state index is -3.73. The Morgan fingerprint density at radius 1 is 1.53 bits per heavy atom. The highest BCUT2D eigenvalue weighted by Gasteiger charge is 2.28. The molecule has 0 unspecified atom stereocenters. The molecule has 0 bridgehead atoms. The van der Waals surface area contributed by atoms with Crippen LogP contribution in [-0.4, -0.2) is 34.6 Å². The summed E-state index contributed by atoms with van der Waals surface area (Å²) in [7, 11) is -3.73. The van der Waals surface area contributed by atoms with Crippen LogP contribution >= 0.6 is 0 Å². The van der Waals surface area contributed by atoms with Gasteiger partial charge in [-0.25, -0.2) is 8.42 Å². The molecular weight excluding hydrogens is 270 g/mol. The molecule has 0 atom stereocenters. The second-order valence-electron chi connectivity index (χ2n) is 3.89. The Labute approximate surface area is 110 Å². The van der Waals surface area contributed by atoms with Crippen LogP contribution in [0.25, 0.3) is 0 Å². The van der Waals surface area contributed by atoms with Crippen molar-refractivity contribution in [1.29, 1.82) is 0 Å². The maximum atomic E-state index is 12.4. The van der Waals surface area contributed by atoms with Crippen molar-refractivity contribution in [2.45, 2.75) is 25.1 Å². The van der Waals surface area contributed by atoms with Crippen LogP contribution in [0.4, 0.5) is 0 Å². The molecule has 8 heteroatoms. The molecule has 7 nitrogen and oxygen atoms in total. The number of nitrogens with one attached hydrogen (secondary N) is 1. The topological polar surface area (TPSA) is 99.4 Å². The molecule has 2 heterocycles. The molecule has 0 aliphatic heterocycles. The minimum absolute atomic E-state index is 0.0802. The summed E-state index contributed by atoms with van der Waals surface area (Å²) in [6, 6.07) is 3.41. The molecule has 2 rings (SSSR count). The summed E-state index contributed by atoms with van der Waals surface area (Å²) in [5, 5.41) is 15.1. The van der Waals surface area contributed by atoms with Gasteiger partial charge in [0, 0.05) is 12.1 Å². The highest BCUT2D eigenvalue weighted by Crippen LogP contribution is 2.19. The Morgan fingerprint density at radius 3 is 2.89 bits per heavy atom. The zero-order valence-electron chi connectivity index (χ0n) is 10.4. The van der Waals surface area contributed by atoms with Crippen LogP contribution in [0.3, 0.4) is 0 Å². The van der Waals surface area contributed by atoms with Crippen molar-refractivity contribution in [3.8, 4) is 0 Å². The van der Waals surface area contributed by atoms with Gasteiger partial charge in [0.05, 0.1) is 25.6 Å². The van der Waals surface area contributed by atoms with Gasteiger partial charge < -0.3 is 9.52 Å². The molecule has 2 N–H and O–H groups in total. The van der Waals surface area contributed by atoms with E-state index >= 15 is 0 Å². The molecule has 2 aromatic rings. The van der Waals surface area contributed by atoms with Gasteiger partial charge in [0.25, 0.3) is 10.0 Å². The van der Waals surface area contributed by atoms with Crippen LogP contribution in [0.15, 0.2) is 34.0 Å². The van der Waals surface area contributed by atoms with Crippen molar-refractivity contribution in [2.24, 2.45) is 0 Å². The third kappa shape index (κ3) is 2.70. The SMILES string of the molecule is CCN(Cc1ccco1)S(=O)(=O)c1[nH]ncc1CO. The number of aromatic nitrogens is 2. The summed E-state index contributed by atoms with van der Waals surface area (Å²) in [6.07, 6.45) is 2.79. The number of aliphatic hydroxyl groups is 1. The van der Waals surface area contributed by atoms with E-state index in [-0.39, 0.29) is 30.3 Å². The number of aromatic amines is 1. The Kier molecular flexibility index (Phi) is 4.03. The van der Waals surface area contributed by atoms with E-state index in [2.05, 4.69) is 10.2 Å². The average Bonchev–Trinajstić information content (AvgIpc) is 3.06. The fraction of sp³-hybridized carbons (Fsp3) is 0.364. The van der Waals surface area contributed by atoms with Gasteiger partial charge >= 0.3 is 0 Å². The predicted molar refractivity (Wildman–Crippen MR) is 66.5 cm³/mol. The van der Waals surface area contributed by atoms with Crippen molar-refractivity contribution < 1.29 is 17.9 Å². The van der Waals surface area contributed by atoms with E-state index in [0.29, 0.717) is 5.76 Å². The summed E-state index contributed by atoms with van der Waals surface area (Å²) in [5.74, 6) is 0.551. The standard InChI is InChI=1S/C11H15N3O4S/c1-2-14(7-10-4-3-5-18-10)19(16,17)11-9(8-15)6-12-13-11/h3-6,15H,2,7-8H2,1H3,(H,12,13). The first kappa shape index (κ1) is 13.8. The summed E-state index contributed by atoms with van der Waals surface area (Å²) in [5.41, 5.74) is 0.248. The maximum Gasteiger partial charge on any atom is 0.260 e. The fourth-order valence-electron chi connectivity index (χ4n) is 1.71. The van der Waals surface area contributed by atoms with Crippen LogP contribution in [-0.2, 0) is 23.2 Å². The molecule has 0 saturated carbocycles. The maximum absolute atomic E-state index is 12.4. The Hall–Kier alpha value is -1.64. The third-order valence-corrected chi connectivity index (χ3v) is 4.65. The lowest BCUT2D eigenvalue weighted by Gasteiger charge is -2.18. The zero-order chi connectivity index (χ0) is 13.9. The number of rotatable bonds is 6. The summed E-state index contributed by atoms with van der Waals surface area (Å²) < 4.78 is 31.3. The lowest BCUT2D eigenvalue weighted by Crippen LogP contribution is -2.31. The monoisotopic (exact) mass is 285 g/mol. The molecule has 0 aliphatic carbocycles. The first-order valence-electron chi connectivity index (χ1n) is 5.75. The van der Waals surface area contributed by atoms with E-state index in [1.807, 2.05) is 0 Å². The quantitative estimate of drug-likeness (QED) is 0.814. The van der Waals surface area contributed by atoms with Gasteiger partial charge in [-0.1, -0.05) is 6.92 Å². The highest BCUT2D eigenvalue weighted by atomic mass is 32.2. The summed E-state index contributed by atoms with van der Waals surface area (Å²) in [6.45, 7) is 1.77. The molecule has 104 valence electrons. The van der Waals surface area contributed by atoms with E-state index in [0.717, 1.165) is 0 Å². The average molecular weight is 285 g/mol. The number of hydrogen-bond donors (Lipinski definition) is 2. The van der Waals surface area contributed by atoms with E-state index < -0.39 is 10.0 Å². The lowest BCUT2D eigenvalue weighted by atomic mass is 10.4. The molecule has 0 aromatic carbocycles. The second kappa shape index (κ2) is 5.55. The van der Waals surface area contributed by atoms with Crippen LogP contribution in [0, 0.1) is 0 Å². The lowest BCUT2D eigenvalue weighted by molar-refractivity contribution is 0.277. The van der Waals surface area contributed by atoms with Crippen molar-refractivity contribution in [3.63, 3.8) is 0 Å². The van der Waals surface area contributed by atoms with Crippen LogP contribution in [0.1, 0.15) is 18.2 Å². The van der Waals surface area contributed by atoms with E-state index in [1.54, 1.807) is 19.1 Å². The highest BCUT2D eigenvalue weighted by molar-refractivity contribution is 7.89. The van der Waals surface area contributed by atoms with E-state index in [9.17, 15) is 8.42 Å². The van der Waals surface area contributed by atoms with Gasteiger partial charge in [0.15, 0.2) is 5.03 Å². The Morgan fingerprint density at radius 2 is 2.32 bits per heavy atom. The van der Waals surface area contributed by atoms with Crippen molar-refractivity contribution in [1.82, 2.24) is 14.5 Å². The molecule has 19 heavy (non-hydrogen) atoms. The molecule has 2 aromatic heterocycles. The van der Waals surface area contributed by atoms with Gasteiger partial charge in [-0.2, -0.15) is 9.40 Å². The van der Waals surface area contributed by atoms with Gasteiger partial charge in [0.1, 0.15) is 5.76 Å². The van der Waals surface area contributed by atoms with Gasteiger partial charge in [-0.15, -0.1) is 0 Å². The number of aliphatic hydroxyl groups excluding tert-OH is 1. The largest absolute Gasteiger partial charge is 0.468 e. The van der Waals surface area contributed by atoms with E-state index in [1.165, 1.54) is 16.8 Å². The molecule has 0 spiro atoms. The smallest absolute Gasteiger partial charge is 0.260 e. The second-order valence-corrected chi connectivity index (χ2v) is 5.77. The van der Waals surface area contributed by atoms with Crippen LogP contribution in [0.5, 0.6) is 0 Å². The molecule has 0 fully saturated rings. The normalized spacial score (nSPS) is 12.2. The van der Waals surface area contributed by atoms with Gasteiger partial charge in [-0.05, 0) is 12.1 Å². The van der Waals surface area contributed by atoms with Crippen molar-refractivity contribution in [2.75, 3.05) is 6.54 Å². The van der Waals surface area contributed by atoms with Gasteiger partial charge in [-0.3, -0.25) is 5.10 Å². The number of sulfonamides is 1. The van der Waals surface area contributed by atoms with Crippen LogP contribution < -0.4 is 0 Å². The Bertz CT molecular complexity index is 618. The number of nitrogens with zero attached hydrogens (tertiary/aromatic N) is 2. The molecular formula is C11H15N3O4S. The summed E-state index contributed by atoms with van der Waals surface area (Å²) in [4.78, 5) is 0. The summed E-state index contributed by atoms with van der Waals surface area (Å²) >= 11 is 0. The molecule has 0 aliphatic rings. The molecule has 0 saturated heterocycles. The van der Waals surface area contributed by atoms with Crippen molar-refractivity contribution >= 4 is 10.0 Å². The first-order chi connectivity index (χ1) is 9.09. The fourth-order valence-corrected chi connectivity index (χ4v) is 3.22. The van der Waals surface area contributed by atoms with Crippen LogP contribution in [0.2, 0.25) is 0 Å². The zero-order valence-corrected chi connectivity index (χ0v) is 11.2. The first-order valence-corrected chi connectivity index (χ1v) is 7.19. The number of hydrogen-bond acceptors (Lipinski definition) is 5. The van der Waals surface area contributed by atoms with Crippen molar-refractivity contribution in [3.05, 3.63) is 35.9 Å². The Balaban J connectivity index is 2.31. The third-order valence-electron chi connectivity index (χ3n) is 2.71. The molecule has 0 radical (unpaired) electrons. The number of H-pyrrole nitrogens is 1. The van der Waals surface area contributed by atoms with Gasteiger partial charge in [0.2, 0.25) is 0 Å².